The molecular weight excluding hydrogens is 292 g/mol. The fraction of sp³-hybridized carbons (Fsp3) is 0.714. The molecule has 0 spiro atoms. The molecule has 1 aliphatic rings. The fourth-order valence-electron chi connectivity index (χ4n) is 2.75. The average Bonchev–Trinajstić information content (AvgIpc) is 2.51. The predicted molar refractivity (Wildman–Crippen MR) is 84.1 cm³/mol. The van der Waals surface area contributed by atoms with Crippen LogP contribution in [0.1, 0.15) is 26.2 Å². The molecule has 2 N–H and O–H groups in total. The Bertz CT molecular complexity index is 514. The maximum atomic E-state index is 12.2. The number of piperidine rings is 1. The number of anilines is 1. The Hall–Kier alpha value is -1.11. The molecule has 6 nitrogen and oxygen atoms in total. The molecule has 0 saturated carbocycles. The second-order valence-electron chi connectivity index (χ2n) is 5.29. The Morgan fingerprint density at radius 1 is 1.62 bits per heavy atom. The molecule has 0 radical (unpaired) electrons. The molecule has 0 bridgehead atoms. The second-order valence-corrected chi connectivity index (χ2v) is 5.67. The van der Waals surface area contributed by atoms with Crippen LogP contribution in [0.25, 0.3) is 0 Å². The Labute approximate surface area is 129 Å². The van der Waals surface area contributed by atoms with E-state index in [-0.39, 0.29) is 23.7 Å². The van der Waals surface area contributed by atoms with Crippen LogP contribution in [-0.2, 0) is 6.54 Å². The molecule has 2 rings (SSSR count). The lowest BCUT2D eigenvalue weighted by molar-refractivity contribution is 0.266. The van der Waals surface area contributed by atoms with Gasteiger partial charge in [-0.2, -0.15) is 5.10 Å². The lowest BCUT2D eigenvalue weighted by atomic mass is 10.1. The van der Waals surface area contributed by atoms with Crippen molar-refractivity contribution in [3.8, 4) is 0 Å². The Morgan fingerprint density at radius 2 is 2.43 bits per heavy atom. The van der Waals surface area contributed by atoms with Crippen LogP contribution in [0.15, 0.2) is 11.0 Å². The van der Waals surface area contributed by atoms with Gasteiger partial charge in [-0.3, -0.25) is 4.79 Å². The van der Waals surface area contributed by atoms with Crippen LogP contribution < -0.4 is 15.8 Å². The van der Waals surface area contributed by atoms with Gasteiger partial charge in [0, 0.05) is 19.1 Å². The van der Waals surface area contributed by atoms with E-state index < -0.39 is 0 Å². The van der Waals surface area contributed by atoms with E-state index in [0.29, 0.717) is 11.7 Å². The van der Waals surface area contributed by atoms with E-state index in [0.717, 1.165) is 38.9 Å². The predicted octanol–water partition coefficient (Wildman–Crippen LogP) is 0.857. The summed E-state index contributed by atoms with van der Waals surface area (Å²) in [5, 5.41) is 16.6. The third-order valence-corrected chi connectivity index (χ3v) is 4.12. The van der Waals surface area contributed by atoms with Gasteiger partial charge in [-0.05, 0) is 25.8 Å². The minimum atomic E-state index is -0.340. The summed E-state index contributed by atoms with van der Waals surface area (Å²) >= 11 is 6.27. The van der Waals surface area contributed by atoms with Crippen molar-refractivity contribution in [1.29, 1.82) is 0 Å². The normalized spacial score (nSPS) is 18.7. The summed E-state index contributed by atoms with van der Waals surface area (Å²) < 4.78 is 1.20. The lowest BCUT2D eigenvalue weighted by Crippen LogP contribution is -2.47. The first-order valence-electron chi connectivity index (χ1n) is 7.52. The zero-order valence-electron chi connectivity index (χ0n) is 12.4. The molecule has 7 heteroatoms. The maximum Gasteiger partial charge on any atom is 0.287 e. The van der Waals surface area contributed by atoms with Crippen molar-refractivity contribution >= 4 is 17.3 Å². The molecule has 1 aromatic heterocycles. The summed E-state index contributed by atoms with van der Waals surface area (Å²) in [4.78, 5) is 14.4. The number of halogens is 1. The van der Waals surface area contributed by atoms with Crippen LogP contribution in [0.4, 0.5) is 5.69 Å². The minimum absolute atomic E-state index is 0.131. The third-order valence-electron chi connectivity index (χ3n) is 3.76. The molecular formula is C14H23ClN4O2. The number of aliphatic hydroxyl groups is 1. The molecule has 118 valence electrons. The van der Waals surface area contributed by atoms with Gasteiger partial charge in [-0.1, -0.05) is 18.5 Å². The molecule has 0 amide bonds. The highest BCUT2D eigenvalue weighted by molar-refractivity contribution is 6.33. The molecule has 1 saturated heterocycles. The van der Waals surface area contributed by atoms with Gasteiger partial charge in [0.15, 0.2) is 0 Å². The van der Waals surface area contributed by atoms with E-state index >= 15 is 0 Å². The summed E-state index contributed by atoms with van der Waals surface area (Å²) in [5.41, 5.74) is 0.361. The number of hydrogen-bond acceptors (Lipinski definition) is 5. The Balaban J connectivity index is 2.31. The van der Waals surface area contributed by atoms with E-state index in [1.54, 1.807) is 6.20 Å². The Kier molecular flexibility index (Phi) is 6.02. The van der Waals surface area contributed by atoms with Crippen molar-refractivity contribution in [1.82, 2.24) is 15.1 Å². The molecule has 1 aliphatic heterocycles. The summed E-state index contributed by atoms with van der Waals surface area (Å²) in [7, 11) is 0. The highest BCUT2D eigenvalue weighted by Gasteiger charge is 2.24. The van der Waals surface area contributed by atoms with Gasteiger partial charge in [0.2, 0.25) is 0 Å². The number of nitrogens with zero attached hydrogens (tertiary/aromatic N) is 3. The van der Waals surface area contributed by atoms with Crippen molar-refractivity contribution in [2.45, 2.75) is 38.8 Å². The third kappa shape index (κ3) is 3.75. The van der Waals surface area contributed by atoms with E-state index in [1.807, 2.05) is 0 Å². The van der Waals surface area contributed by atoms with Gasteiger partial charge in [0.1, 0.15) is 5.02 Å². The van der Waals surface area contributed by atoms with E-state index in [4.69, 9.17) is 16.7 Å². The maximum absolute atomic E-state index is 12.2. The first-order chi connectivity index (χ1) is 10.2. The van der Waals surface area contributed by atoms with Crippen LogP contribution in [0.5, 0.6) is 0 Å². The van der Waals surface area contributed by atoms with E-state index in [9.17, 15) is 4.79 Å². The Morgan fingerprint density at radius 3 is 3.05 bits per heavy atom. The van der Waals surface area contributed by atoms with Gasteiger partial charge in [-0.25, -0.2) is 4.68 Å². The van der Waals surface area contributed by atoms with Crippen molar-refractivity contribution in [2.75, 3.05) is 31.1 Å². The second kappa shape index (κ2) is 7.77. The summed E-state index contributed by atoms with van der Waals surface area (Å²) in [6.45, 7) is 4.93. The highest BCUT2D eigenvalue weighted by Crippen LogP contribution is 2.25. The number of nitrogens with one attached hydrogen (secondary N) is 1. The van der Waals surface area contributed by atoms with Gasteiger partial charge >= 0.3 is 0 Å². The van der Waals surface area contributed by atoms with E-state index in [1.165, 1.54) is 4.68 Å². The molecule has 1 aromatic rings. The number of hydrogen-bond donors (Lipinski definition) is 2. The van der Waals surface area contributed by atoms with Crippen molar-refractivity contribution in [3.05, 3.63) is 21.6 Å². The average molecular weight is 315 g/mol. The lowest BCUT2D eigenvalue weighted by Gasteiger charge is -2.36. The van der Waals surface area contributed by atoms with Crippen LogP contribution in [0.3, 0.4) is 0 Å². The number of aliphatic hydroxyl groups excluding tert-OH is 1. The molecule has 0 aromatic carbocycles. The van der Waals surface area contributed by atoms with Crippen LogP contribution in [-0.4, -0.2) is 47.2 Å². The highest BCUT2D eigenvalue weighted by atomic mass is 35.5. The molecule has 1 unspecified atom stereocenters. The van der Waals surface area contributed by atoms with Crippen LogP contribution in [0.2, 0.25) is 5.02 Å². The van der Waals surface area contributed by atoms with Crippen molar-refractivity contribution < 1.29 is 5.11 Å². The summed E-state index contributed by atoms with van der Waals surface area (Å²) in [5.74, 6) is 0. The van der Waals surface area contributed by atoms with Crippen LogP contribution >= 0.6 is 11.6 Å². The smallest absolute Gasteiger partial charge is 0.287 e. The first-order valence-corrected chi connectivity index (χ1v) is 7.90. The fourth-order valence-corrected chi connectivity index (χ4v) is 3.01. The largest absolute Gasteiger partial charge is 0.394 e. The topological polar surface area (TPSA) is 70.4 Å². The zero-order valence-corrected chi connectivity index (χ0v) is 13.1. The van der Waals surface area contributed by atoms with E-state index in [2.05, 4.69) is 22.2 Å². The van der Waals surface area contributed by atoms with Crippen molar-refractivity contribution in [2.24, 2.45) is 0 Å². The summed E-state index contributed by atoms with van der Waals surface area (Å²) in [6, 6.07) is 0.339. The standard InChI is InChI=1S/C14H23ClN4O2/c1-2-6-18(11-4-3-5-16-9-11)12-10-17-19(7-8-20)14(21)13(12)15/h10-11,16,20H,2-9H2,1H3. The van der Waals surface area contributed by atoms with Crippen LogP contribution in [0, 0.1) is 0 Å². The van der Waals surface area contributed by atoms with Gasteiger partial charge in [0.25, 0.3) is 5.56 Å². The number of rotatable bonds is 6. The zero-order chi connectivity index (χ0) is 15.2. The first kappa shape index (κ1) is 16.3. The summed E-state index contributed by atoms with van der Waals surface area (Å²) in [6.07, 6.45) is 4.83. The van der Waals surface area contributed by atoms with Gasteiger partial charge in [0.05, 0.1) is 25.0 Å². The van der Waals surface area contributed by atoms with Gasteiger partial charge < -0.3 is 15.3 Å². The van der Waals surface area contributed by atoms with Gasteiger partial charge in [-0.15, -0.1) is 0 Å². The SMILES string of the molecule is CCCN(c1cnn(CCO)c(=O)c1Cl)C1CCCNC1. The molecule has 1 atom stereocenters. The number of aromatic nitrogens is 2. The molecule has 0 aliphatic carbocycles. The molecule has 21 heavy (non-hydrogen) atoms. The molecule has 2 heterocycles. The minimum Gasteiger partial charge on any atom is -0.394 e. The van der Waals surface area contributed by atoms with Crippen molar-refractivity contribution in [3.63, 3.8) is 0 Å². The quantitative estimate of drug-likeness (QED) is 0.815. The molecule has 1 fully saturated rings. The monoisotopic (exact) mass is 314 g/mol.